The van der Waals surface area contributed by atoms with Crippen LogP contribution in [0.3, 0.4) is 0 Å². The molecule has 9 aromatic rings. The summed E-state index contributed by atoms with van der Waals surface area (Å²) in [5, 5.41) is 6.83. The van der Waals surface area contributed by atoms with Gasteiger partial charge >= 0.3 is 17.1 Å². The summed E-state index contributed by atoms with van der Waals surface area (Å²) in [6.07, 6.45) is 10.8. The molecule has 0 aliphatic heterocycles. The fourth-order valence-corrected chi connectivity index (χ4v) is 5.04. The van der Waals surface area contributed by atoms with Crippen LogP contribution in [0.25, 0.3) is 65.4 Å². The standard InChI is InChI=1S/3C12H8N2.3ClH.Fe/c3*1-3-9-5-6-10-4-2-8-14-12(10)11(9)13-7-1;;;;/h3*1-8H;3*1H;/q;;;;;;+3/p-3. The number of aromatic nitrogens is 6. The van der Waals surface area contributed by atoms with Crippen molar-refractivity contribution in [1.82, 2.24) is 29.9 Å². The van der Waals surface area contributed by atoms with E-state index in [2.05, 4.69) is 103 Å². The maximum absolute atomic E-state index is 4.35. The van der Waals surface area contributed by atoms with Gasteiger partial charge in [-0.05, 0) is 36.4 Å². The average Bonchev–Trinajstić information content (AvgIpc) is 3.09. The smallest absolute Gasteiger partial charge is 1.00 e. The van der Waals surface area contributed by atoms with Gasteiger partial charge in [0.25, 0.3) is 0 Å². The van der Waals surface area contributed by atoms with Gasteiger partial charge in [0.2, 0.25) is 0 Å². The van der Waals surface area contributed by atoms with E-state index in [0.717, 1.165) is 65.4 Å². The first-order chi connectivity index (χ1) is 20.8. The van der Waals surface area contributed by atoms with Crippen LogP contribution in [-0.2, 0) is 17.1 Å². The number of halogens is 3. The van der Waals surface area contributed by atoms with Crippen LogP contribution in [-0.4, -0.2) is 29.9 Å². The van der Waals surface area contributed by atoms with Crippen molar-refractivity contribution in [2.24, 2.45) is 0 Å². The summed E-state index contributed by atoms with van der Waals surface area (Å²) in [7, 11) is 0. The Labute approximate surface area is 294 Å². The number of fused-ring (bicyclic) bond motifs is 9. The Balaban J connectivity index is 0.000000180. The largest absolute Gasteiger partial charge is 3.00 e. The second-order valence-electron chi connectivity index (χ2n) is 9.65. The summed E-state index contributed by atoms with van der Waals surface area (Å²) >= 11 is 0. The minimum absolute atomic E-state index is 0. The third kappa shape index (κ3) is 7.48. The maximum Gasteiger partial charge on any atom is 3.00 e. The van der Waals surface area contributed by atoms with Crippen LogP contribution in [0.4, 0.5) is 0 Å². The Hall–Kier alpha value is -4.49. The minimum Gasteiger partial charge on any atom is -1.00 e. The molecule has 6 nitrogen and oxygen atoms in total. The number of hydrogen-bond acceptors (Lipinski definition) is 6. The first kappa shape index (κ1) is 36.0. The summed E-state index contributed by atoms with van der Waals surface area (Å²) in [5.41, 5.74) is 5.86. The zero-order valence-electron chi connectivity index (χ0n) is 24.0. The number of pyridine rings is 6. The zero-order chi connectivity index (χ0) is 28.1. The predicted octanol–water partition coefficient (Wildman–Crippen LogP) is -0.641. The van der Waals surface area contributed by atoms with Crippen molar-refractivity contribution in [3.8, 4) is 0 Å². The van der Waals surface area contributed by atoms with Crippen molar-refractivity contribution in [3.05, 3.63) is 146 Å². The molecule has 0 aliphatic carbocycles. The van der Waals surface area contributed by atoms with Crippen LogP contribution < -0.4 is 37.2 Å². The van der Waals surface area contributed by atoms with E-state index in [-0.39, 0.29) is 54.3 Å². The van der Waals surface area contributed by atoms with Crippen molar-refractivity contribution in [2.75, 3.05) is 0 Å². The quantitative estimate of drug-likeness (QED) is 0.155. The van der Waals surface area contributed by atoms with Crippen molar-refractivity contribution >= 4 is 65.4 Å². The van der Waals surface area contributed by atoms with Crippen LogP contribution in [0.2, 0.25) is 0 Å². The fraction of sp³-hybridized carbons (Fsp3) is 0. The first-order valence-electron chi connectivity index (χ1n) is 13.6. The van der Waals surface area contributed by atoms with E-state index in [0.29, 0.717) is 0 Å². The Bertz CT molecular complexity index is 1930. The van der Waals surface area contributed by atoms with Crippen molar-refractivity contribution < 1.29 is 54.3 Å². The van der Waals surface area contributed by atoms with E-state index in [1.165, 1.54) is 0 Å². The molecule has 227 valence electrons. The molecule has 0 atom stereocenters. The van der Waals surface area contributed by atoms with Gasteiger partial charge in [0, 0.05) is 69.5 Å². The monoisotopic (exact) mass is 701 g/mol. The summed E-state index contributed by atoms with van der Waals surface area (Å²) in [6.45, 7) is 0. The average molecular weight is 703 g/mol. The Morgan fingerprint density at radius 2 is 0.391 bits per heavy atom. The third-order valence-corrected chi connectivity index (χ3v) is 7.03. The number of nitrogens with zero attached hydrogens (tertiary/aromatic N) is 6. The number of hydrogen-bond donors (Lipinski definition) is 0. The normalized spacial score (nSPS) is 9.91. The van der Waals surface area contributed by atoms with Crippen molar-refractivity contribution in [3.63, 3.8) is 0 Å². The molecule has 0 N–H and O–H groups in total. The van der Waals surface area contributed by atoms with E-state index in [4.69, 9.17) is 0 Å². The van der Waals surface area contributed by atoms with E-state index >= 15 is 0 Å². The van der Waals surface area contributed by atoms with Gasteiger partial charge < -0.3 is 37.2 Å². The molecule has 0 saturated carbocycles. The van der Waals surface area contributed by atoms with Crippen LogP contribution in [0.1, 0.15) is 0 Å². The first-order valence-corrected chi connectivity index (χ1v) is 13.6. The van der Waals surface area contributed by atoms with E-state index in [1.54, 1.807) is 37.2 Å². The van der Waals surface area contributed by atoms with E-state index < -0.39 is 0 Å². The summed E-state index contributed by atoms with van der Waals surface area (Å²) < 4.78 is 0. The van der Waals surface area contributed by atoms with Crippen LogP contribution in [0.15, 0.2) is 146 Å². The molecule has 6 heterocycles. The molecule has 0 bridgehead atoms. The van der Waals surface area contributed by atoms with Gasteiger partial charge in [-0.2, -0.15) is 0 Å². The molecule has 0 fully saturated rings. The molecular formula is C36H24Cl3FeN6. The van der Waals surface area contributed by atoms with E-state index in [9.17, 15) is 0 Å². The van der Waals surface area contributed by atoms with Crippen LogP contribution >= 0.6 is 0 Å². The molecule has 0 saturated heterocycles. The molecule has 10 heteroatoms. The van der Waals surface area contributed by atoms with Gasteiger partial charge in [-0.1, -0.05) is 72.8 Å². The topological polar surface area (TPSA) is 77.3 Å². The Morgan fingerprint density at radius 1 is 0.239 bits per heavy atom. The van der Waals surface area contributed by atoms with Crippen molar-refractivity contribution in [1.29, 1.82) is 0 Å². The molecule has 9 rings (SSSR count). The van der Waals surface area contributed by atoms with Crippen LogP contribution in [0.5, 0.6) is 0 Å². The molecule has 46 heavy (non-hydrogen) atoms. The zero-order valence-corrected chi connectivity index (χ0v) is 27.4. The molecule has 6 aromatic heterocycles. The van der Waals surface area contributed by atoms with Gasteiger partial charge in [0.05, 0.1) is 33.1 Å². The van der Waals surface area contributed by atoms with Gasteiger partial charge in [-0.15, -0.1) is 0 Å². The molecule has 0 unspecified atom stereocenters. The maximum atomic E-state index is 4.35. The summed E-state index contributed by atoms with van der Waals surface area (Å²) in [4.78, 5) is 26.1. The molecule has 0 aliphatic rings. The molecule has 3 aromatic carbocycles. The Kier molecular flexibility index (Phi) is 13.1. The van der Waals surface area contributed by atoms with Gasteiger partial charge in [0.15, 0.2) is 0 Å². The van der Waals surface area contributed by atoms with Gasteiger partial charge in [-0.25, -0.2) is 0 Å². The minimum atomic E-state index is 0. The fourth-order valence-electron chi connectivity index (χ4n) is 5.04. The summed E-state index contributed by atoms with van der Waals surface area (Å²) in [6, 6.07) is 36.4. The summed E-state index contributed by atoms with van der Waals surface area (Å²) in [5.74, 6) is 0. The Morgan fingerprint density at radius 3 is 0.543 bits per heavy atom. The van der Waals surface area contributed by atoms with Gasteiger partial charge in [0.1, 0.15) is 0 Å². The second-order valence-corrected chi connectivity index (χ2v) is 9.65. The second kappa shape index (κ2) is 16.7. The molecule has 1 radical (unpaired) electrons. The molecular weight excluding hydrogens is 679 g/mol. The van der Waals surface area contributed by atoms with Crippen molar-refractivity contribution in [2.45, 2.75) is 0 Å². The molecule has 0 amide bonds. The van der Waals surface area contributed by atoms with Gasteiger partial charge in [-0.3, -0.25) is 29.9 Å². The number of rotatable bonds is 0. The predicted molar refractivity (Wildman–Crippen MR) is 171 cm³/mol. The third-order valence-electron chi connectivity index (χ3n) is 7.03. The molecule has 0 spiro atoms. The SMILES string of the molecule is [Cl-].[Cl-].[Cl-].[Fe+3].c1cnc2c(c1)ccc1cccnc12.c1cnc2c(c1)ccc1cccnc12.c1cnc2c(c1)ccc1cccnc12. The number of benzene rings is 3. The van der Waals surface area contributed by atoms with Crippen LogP contribution in [0, 0.1) is 0 Å². The van der Waals surface area contributed by atoms with E-state index in [1.807, 2.05) is 36.4 Å².